The van der Waals surface area contributed by atoms with Crippen molar-refractivity contribution >= 4 is 34.9 Å². The molecule has 0 unspecified atom stereocenters. The second kappa shape index (κ2) is 9.92. The van der Waals surface area contributed by atoms with Gasteiger partial charge in [0.15, 0.2) is 9.84 Å². The SMILES string of the molecule is COc1ccc(S(=O)(=O)C[C@H]2CCOC2)cc1C(=O)Nc1ccc(C(F)(F)F)cc1.S. The van der Waals surface area contributed by atoms with Gasteiger partial charge in [0.2, 0.25) is 0 Å². The normalized spacial score (nSPS) is 16.5. The lowest BCUT2D eigenvalue weighted by Crippen LogP contribution is -2.18. The van der Waals surface area contributed by atoms with Gasteiger partial charge in [-0.3, -0.25) is 4.79 Å². The van der Waals surface area contributed by atoms with Crippen LogP contribution in [0.5, 0.6) is 5.75 Å². The molecule has 170 valence electrons. The Bertz CT molecular complexity index is 1020. The minimum atomic E-state index is -4.49. The molecule has 1 aliphatic heterocycles. The van der Waals surface area contributed by atoms with E-state index in [-0.39, 0.29) is 47.1 Å². The lowest BCUT2D eigenvalue weighted by Gasteiger charge is -2.13. The van der Waals surface area contributed by atoms with Crippen molar-refractivity contribution in [3.63, 3.8) is 0 Å². The summed E-state index contributed by atoms with van der Waals surface area (Å²) in [6, 6.07) is 7.87. The maximum Gasteiger partial charge on any atom is 0.416 e. The van der Waals surface area contributed by atoms with E-state index < -0.39 is 27.5 Å². The number of ether oxygens (including phenoxy) is 2. The number of nitrogens with one attached hydrogen (secondary N) is 1. The summed E-state index contributed by atoms with van der Waals surface area (Å²) >= 11 is 0. The quantitative estimate of drug-likeness (QED) is 0.683. The van der Waals surface area contributed by atoms with E-state index in [9.17, 15) is 26.4 Å². The zero-order valence-corrected chi connectivity index (χ0v) is 18.3. The third-order valence-corrected chi connectivity index (χ3v) is 6.61. The Morgan fingerprint density at radius 3 is 2.42 bits per heavy atom. The molecule has 0 aliphatic carbocycles. The molecule has 31 heavy (non-hydrogen) atoms. The number of carbonyl (C=O) groups excluding carboxylic acids is 1. The van der Waals surface area contributed by atoms with Crippen molar-refractivity contribution in [3.05, 3.63) is 53.6 Å². The van der Waals surface area contributed by atoms with E-state index in [2.05, 4.69) is 5.32 Å². The standard InChI is InChI=1S/C20H20F3NO5S.H2S/c1-28-18-7-6-16(30(26,27)12-13-8-9-29-11-13)10-17(18)19(25)24-15-4-2-14(3-5-15)20(21,22)23;/h2-7,10,13H,8-9,11-12H2,1H3,(H,24,25);1H2/t13-;/m0./s1. The van der Waals surface area contributed by atoms with Crippen LogP contribution >= 0.6 is 13.5 Å². The first kappa shape index (κ1) is 25.0. The molecule has 1 amide bonds. The summed E-state index contributed by atoms with van der Waals surface area (Å²) in [6.07, 6.45) is -3.84. The van der Waals surface area contributed by atoms with Crippen molar-refractivity contribution in [3.8, 4) is 5.75 Å². The highest BCUT2D eigenvalue weighted by Gasteiger charge is 2.30. The van der Waals surface area contributed by atoms with E-state index in [0.717, 1.165) is 24.3 Å². The highest BCUT2D eigenvalue weighted by Crippen LogP contribution is 2.30. The molecule has 1 saturated heterocycles. The minimum absolute atomic E-state index is 0. The summed E-state index contributed by atoms with van der Waals surface area (Å²) in [5, 5.41) is 2.46. The molecule has 0 bridgehead atoms. The molecule has 3 rings (SSSR count). The van der Waals surface area contributed by atoms with Crippen molar-refractivity contribution in [1.82, 2.24) is 0 Å². The number of carbonyl (C=O) groups is 1. The predicted molar refractivity (Wildman–Crippen MR) is 114 cm³/mol. The maximum absolute atomic E-state index is 12.7. The highest BCUT2D eigenvalue weighted by molar-refractivity contribution is 7.91. The first-order valence-corrected chi connectivity index (χ1v) is 10.7. The largest absolute Gasteiger partial charge is 0.496 e. The number of sulfone groups is 1. The maximum atomic E-state index is 12.7. The lowest BCUT2D eigenvalue weighted by molar-refractivity contribution is -0.137. The number of hydrogen-bond donors (Lipinski definition) is 1. The molecule has 0 radical (unpaired) electrons. The first-order chi connectivity index (χ1) is 14.1. The summed E-state index contributed by atoms with van der Waals surface area (Å²) in [6.45, 7) is 0.889. The van der Waals surface area contributed by atoms with Crippen LogP contribution in [0, 0.1) is 5.92 Å². The van der Waals surface area contributed by atoms with Gasteiger partial charge in [0, 0.05) is 12.3 Å². The van der Waals surface area contributed by atoms with Gasteiger partial charge in [0.05, 0.1) is 35.5 Å². The third kappa shape index (κ3) is 6.14. The van der Waals surface area contributed by atoms with Crippen LogP contribution in [0.4, 0.5) is 18.9 Å². The topological polar surface area (TPSA) is 81.7 Å². The van der Waals surface area contributed by atoms with Crippen LogP contribution < -0.4 is 10.1 Å². The molecule has 1 aliphatic rings. The zero-order chi connectivity index (χ0) is 21.9. The van der Waals surface area contributed by atoms with E-state index in [1.807, 2.05) is 0 Å². The average molecular weight is 478 g/mol. The van der Waals surface area contributed by atoms with Crippen molar-refractivity contribution < 1.29 is 35.9 Å². The smallest absolute Gasteiger partial charge is 0.416 e. The molecule has 2 aromatic rings. The van der Waals surface area contributed by atoms with Gasteiger partial charge in [-0.25, -0.2) is 8.42 Å². The van der Waals surface area contributed by atoms with E-state index >= 15 is 0 Å². The Balaban J connectivity index is 0.00000341. The highest BCUT2D eigenvalue weighted by atomic mass is 32.2. The van der Waals surface area contributed by atoms with Crippen LogP contribution in [0.3, 0.4) is 0 Å². The van der Waals surface area contributed by atoms with Gasteiger partial charge in [-0.1, -0.05) is 0 Å². The summed E-state index contributed by atoms with van der Waals surface area (Å²) in [7, 11) is -2.33. The fourth-order valence-electron chi connectivity index (χ4n) is 3.12. The average Bonchev–Trinajstić information content (AvgIpc) is 3.19. The predicted octanol–water partition coefficient (Wildman–Crippen LogP) is 3.89. The summed E-state index contributed by atoms with van der Waals surface area (Å²) < 4.78 is 73.8. The van der Waals surface area contributed by atoms with Gasteiger partial charge in [0.1, 0.15) is 5.75 Å². The van der Waals surface area contributed by atoms with E-state index in [1.54, 1.807) is 0 Å². The second-order valence-electron chi connectivity index (χ2n) is 6.90. The number of benzene rings is 2. The fraction of sp³-hybridized carbons (Fsp3) is 0.350. The van der Waals surface area contributed by atoms with Crippen LogP contribution in [0.25, 0.3) is 0 Å². The molecule has 1 heterocycles. The molecule has 1 fully saturated rings. The number of anilines is 1. The van der Waals surface area contributed by atoms with Gasteiger partial charge in [-0.05, 0) is 54.8 Å². The van der Waals surface area contributed by atoms with Crippen molar-refractivity contribution in [1.29, 1.82) is 0 Å². The van der Waals surface area contributed by atoms with Crippen LogP contribution in [0.2, 0.25) is 0 Å². The zero-order valence-electron chi connectivity index (χ0n) is 16.5. The Hall–Kier alpha value is -2.24. The van der Waals surface area contributed by atoms with Crippen molar-refractivity contribution in [2.45, 2.75) is 17.5 Å². The Morgan fingerprint density at radius 2 is 1.87 bits per heavy atom. The van der Waals surface area contributed by atoms with Crippen molar-refractivity contribution in [2.24, 2.45) is 5.92 Å². The number of halogens is 3. The summed E-state index contributed by atoms with van der Waals surface area (Å²) in [4.78, 5) is 12.6. The fourth-order valence-corrected chi connectivity index (χ4v) is 4.77. The molecule has 1 atom stereocenters. The molecular formula is C20H22F3NO5S2. The number of hydrogen-bond acceptors (Lipinski definition) is 5. The van der Waals surface area contributed by atoms with Gasteiger partial charge in [-0.2, -0.15) is 26.7 Å². The number of alkyl halides is 3. The summed E-state index contributed by atoms with van der Waals surface area (Å²) in [5.74, 6) is -0.767. The first-order valence-electron chi connectivity index (χ1n) is 9.07. The number of methoxy groups -OCH3 is 1. The van der Waals surface area contributed by atoms with E-state index in [4.69, 9.17) is 9.47 Å². The van der Waals surface area contributed by atoms with Crippen LogP contribution in [0.15, 0.2) is 47.4 Å². The van der Waals surface area contributed by atoms with Crippen molar-refractivity contribution in [2.75, 3.05) is 31.4 Å². The molecule has 6 nitrogen and oxygen atoms in total. The number of amides is 1. The molecule has 0 spiro atoms. The molecule has 11 heteroatoms. The second-order valence-corrected chi connectivity index (χ2v) is 8.94. The Morgan fingerprint density at radius 1 is 1.19 bits per heavy atom. The molecular weight excluding hydrogens is 455 g/mol. The van der Waals surface area contributed by atoms with Gasteiger partial charge in [0.25, 0.3) is 5.91 Å². The minimum Gasteiger partial charge on any atom is -0.496 e. The molecule has 0 saturated carbocycles. The monoisotopic (exact) mass is 477 g/mol. The van der Waals surface area contributed by atoms with Crippen LogP contribution in [0.1, 0.15) is 22.3 Å². The number of rotatable bonds is 6. The Kier molecular flexibility index (Phi) is 8.01. The lowest BCUT2D eigenvalue weighted by atomic mass is 10.1. The Labute approximate surface area is 185 Å². The molecule has 2 aromatic carbocycles. The molecule has 1 N–H and O–H groups in total. The van der Waals surface area contributed by atoms with Crippen LogP contribution in [-0.2, 0) is 20.8 Å². The third-order valence-electron chi connectivity index (χ3n) is 4.72. The van der Waals surface area contributed by atoms with Gasteiger partial charge in [-0.15, -0.1) is 0 Å². The van der Waals surface area contributed by atoms with E-state index in [1.165, 1.54) is 25.3 Å². The molecule has 0 aromatic heterocycles. The van der Waals surface area contributed by atoms with Gasteiger partial charge < -0.3 is 14.8 Å². The van der Waals surface area contributed by atoms with E-state index in [0.29, 0.717) is 19.6 Å². The van der Waals surface area contributed by atoms with Crippen LogP contribution in [-0.4, -0.2) is 40.4 Å². The summed E-state index contributed by atoms with van der Waals surface area (Å²) in [5.41, 5.74) is -0.755. The van der Waals surface area contributed by atoms with Gasteiger partial charge >= 0.3 is 6.18 Å².